The van der Waals surface area contributed by atoms with Crippen molar-refractivity contribution in [3.8, 4) is 0 Å². The van der Waals surface area contributed by atoms with Gasteiger partial charge in [0.2, 0.25) is 5.91 Å². The van der Waals surface area contributed by atoms with Gasteiger partial charge in [0, 0.05) is 26.0 Å². The summed E-state index contributed by atoms with van der Waals surface area (Å²) in [6.07, 6.45) is 5.79. The Balaban J connectivity index is 1.41. The summed E-state index contributed by atoms with van der Waals surface area (Å²) in [5.74, 6) is 0.0145. The van der Waals surface area contributed by atoms with Crippen molar-refractivity contribution < 1.29 is 14.6 Å². The zero-order chi connectivity index (χ0) is 17.8. The summed E-state index contributed by atoms with van der Waals surface area (Å²) < 4.78 is 8.87. The first-order valence-electron chi connectivity index (χ1n) is 8.21. The van der Waals surface area contributed by atoms with Gasteiger partial charge in [-0.3, -0.25) is 14.2 Å². The number of carbonyl (C=O) groups excluding carboxylic acids is 1. The van der Waals surface area contributed by atoms with Gasteiger partial charge in [0.25, 0.3) is 0 Å². The van der Waals surface area contributed by atoms with Gasteiger partial charge in [0.05, 0.1) is 35.7 Å². The summed E-state index contributed by atoms with van der Waals surface area (Å²) >= 11 is 5.86. The highest BCUT2D eigenvalue weighted by atomic mass is 35.5. The van der Waals surface area contributed by atoms with Crippen LogP contribution < -0.4 is 5.32 Å². The molecule has 3 rings (SSSR count). The lowest BCUT2D eigenvalue weighted by Crippen LogP contribution is -2.41. The lowest BCUT2D eigenvalue weighted by Gasteiger charge is -2.16. The van der Waals surface area contributed by atoms with Gasteiger partial charge in [-0.2, -0.15) is 10.2 Å². The molecule has 1 amide bonds. The molecule has 1 unspecified atom stereocenters. The maximum Gasteiger partial charge on any atom is 0.246 e. The fraction of sp³-hybridized carbons (Fsp3) is 0.562. The van der Waals surface area contributed by atoms with Crippen molar-refractivity contribution in [3.63, 3.8) is 0 Å². The number of aliphatic hydroxyl groups excluding tert-OH is 1. The number of halogens is 1. The van der Waals surface area contributed by atoms with Crippen molar-refractivity contribution in [1.82, 2.24) is 24.9 Å². The van der Waals surface area contributed by atoms with Gasteiger partial charge in [-0.1, -0.05) is 11.6 Å². The first-order chi connectivity index (χ1) is 12.0. The standard InChI is InChI=1S/C16H22ClN5O3/c1-21-13(2-3-18-21)9-25-10-16(24)20-14-4-11(5-15(14)23)7-22-8-12(17)6-19-22/h2-3,6,8,11,14-15,23H,4-5,7,9-10H2,1H3,(H,20,24)/t11?,14-,15-/m1/s1. The van der Waals surface area contributed by atoms with E-state index in [1.165, 1.54) is 0 Å². The number of nitrogens with zero attached hydrogens (tertiary/aromatic N) is 4. The van der Waals surface area contributed by atoms with E-state index >= 15 is 0 Å². The van der Waals surface area contributed by atoms with Gasteiger partial charge in [-0.15, -0.1) is 0 Å². The average molecular weight is 368 g/mol. The van der Waals surface area contributed by atoms with Crippen molar-refractivity contribution >= 4 is 17.5 Å². The molecule has 2 aromatic heterocycles. The Bertz CT molecular complexity index is 716. The Labute approximate surface area is 150 Å². The van der Waals surface area contributed by atoms with Gasteiger partial charge in [-0.25, -0.2) is 0 Å². The third-order valence-corrected chi connectivity index (χ3v) is 4.62. The van der Waals surface area contributed by atoms with Gasteiger partial charge in [0.1, 0.15) is 6.61 Å². The number of carbonyl (C=O) groups is 1. The van der Waals surface area contributed by atoms with Crippen LogP contribution in [0.1, 0.15) is 18.5 Å². The van der Waals surface area contributed by atoms with Crippen LogP contribution in [0.4, 0.5) is 0 Å². The van der Waals surface area contributed by atoms with E-state index in [-0.39, 0.29) is 24.5 Å². The lowest BCUT2D eigenvalue weighted by atomic mass is 10.1. The molecule has 0 spiro atoms. The Morgan fingerprint density at radius 3 is 3.00 bits per heavy atom. The molecule has 136 valence electrons. The van der Waals surface area contributed by atoms with E-state index in [0.29, 0.717) is 31.0 Å². The molecule has 0 radical (unpaired) electrons. The molecule has 25 heavy (non-hydrogen) atoms. The summed E-state index contributed by atoms with van der Waals surface area (Å²) in [6, 6.07) is 1.58. The first-order valence-corrected chi connectivity index (χ1v) is 8.59. The van der Waals surface area contributed by atoms with E-state index in [4.69, 9.17) is 16.3 Å². The minimum Gasteiger partial charge on any atom is -0.391 e. The minimum absolute atomic E-state index is 0.0478. The van der Waals surface area contributed by atoms with E-state index in [9.17, 15) is 9.90 Å². The molecular weight excluding hydrogens is 346 g/mol. The van der Waals surface area contributed by atoms with Gasteiger partial charge in [-0.05, 0) is 24.8 Å². The quantitative estimate of drug-likeness (QED) is 0.752. The van der Waals surface area contributed by atoms with Crippen molar-refractivity contribution in [3.05, 3.63) is 35.4 Å². The van der Waals surface area contributed by atoms with Gasteiger partial charge < -0.3 is 15.2 Å². The van der Waals surface area contributed by atoms with E-state index in [2.05, 4.69) is 15.5 Å². The second-order valence-electron chi connectivity index (χ2n) is 6.40. The molecule has 0 saturated heterocycles. The third kappa shape index (κ3) is 4.81. The highest BCUT2D eigenvalue weighted by Crippen LogP contribution is 2.27. The number of aryl methyl sites for hydroxylation is 1. The molecule has 0 aromatic carbocycles. The molecule has 1 aliphatic carbocycles. The first kappa shape index (κ1) is 17.9. The van der Waals surface area contributed by atoms with Gasteiger partial charge >= 0.3 is 0 Å². The molecule has 2 N–H and O–H groups in total. The molecule has 3 atom stereocenters. The van der Waals surface area contributed by atoms with E-state index in [0.717, 1.165) is 5.69 Å². The van der Waals surface area contributed by atoms with Crippen LogP contribution in [0.25, 0.3) is 0 Å². The summed E-state index contributed by atoms with van der Waals surface area (Å²) in [7, 11) is 1.82. The molecule has 1 aliphatic rings. The summed E-state index contributed by atoms with van der Waals surface area (Å²) in [5.41, 5.74) is 0.895. The molecule has 9 heteroatoms. The smallest absolute Gasteiger partial charge is 0.246 e. The van der Waals surface area contributed by atoms with Crippen molar-refractivity contribution in [2.24, 2.45) is 13.0 Å². The number of nitrogens with one attached hydrogen (secondary N) is 1. The van der Waals surface area contributed by atoms with Gasteiger partial charge in [0.15, 0.2) is 0 Å². The van der Waals surface area contributed by atoms with Crippen LogP contribution >= 0.6 is 11.6 Å². The minimum atomic E-state index is -0.558. The predicted octanol–water partition coefficient (Wildman–Crippen LogP) is 0.742. The van der Waals surface area contributed by atoms with E-state index < -0.39 is 6.10 Å². The number of aromatic nitrogens is 4. The maximum atomic E-state index is 12.0. The highest BCUT2D eigenvalue weighted by molar-refractivity contribution is 6.30. The maximum absolute atomic E-state index is 12.0. The monoisotopic (exact) mass is 367 g/mol. The number of amides is 1. The fourth-order valence-corrected chi connectivity index (χ4v) is 3.32. The predicted molar refractivity (Wildman–Crippen MR) is 90.8 cm³/mol. The number of ether oxygens (including phenoxy) is 1. The van der Waals surface area contributed by atoms with Crippen LogP contribution in [0, 0.1) is 5.92 Å². The molecular formula is C16H22ClN5O3. The SMILES string of the molecule is Cn1nccc1COCC(=O)N[C@@H]1CC(Cn2cc(Cl)cn2)C[C@H]1O. The molecule has 8 nitrogen and oxygen atoms in total. The van der Waals surface area contributed by atoms with Crippen molar-refractivity contribution in [2.45, 2.75) is 38.1 Å². The second-order valence-corrected chi connectivity index (χ2v) is 6.83. The number of rotatable bonds is 7. The largest absolute Gasteiger partial charge is 0.391 e. The topological polar surface area (TPSA) is 94.2 Å². The van der Waals surface area contributed by atoms with Crippen LogP contribution in [0.3, 0.4) is 0 Å². The summed E-state index contributed by atoms with van der Waals surface area (Å²) in [5, 5.41) is 21.8. The van der Waals surface area contributed by atoms with Crippen LogP contribution in [0.2, 0.25) is 5.02 Å². The molecule has 1 fully saturated rings. The Morgan fingerprint density at radius 2 is 2.32 bits per heavy atom. The van der Waals surface area contributed by atoms with Crippen molar-refractivity contribution in [1.29, 1.82) is 0 Å². The van der Waals surface area contributed by atoms with Crippen LogP contribution in [0.5, 0.6) is 0 Å². The number of hydrogen-bond donors (Lipinski definition) is 2. The number of hydrogen-bond acceptors (Lipinski definition) is 5. The zero-order valence-corrected chi connectivity index (χ0v) is 14.8. The Morgan fingerprint density at radius 1 is 1.48 bits per heavy atom. The average Bonchev–Trinajstić information content (AvgIpc) is 3.23. The molecule has 2 heterocycles. The highest BCUT2D eigenvalue weighted by Gasteiger charge is 2.34. The Kier molecular flexibility index (Phi) is 5.72. The van der Waals surface area contributed by atoms with E-state index in [1.807, 2.05) is 13.1 Å². The van der Waals surface area contributed by atoms with Crippen LogP contribution in [-0.4, -0.2) is 49.3 Å². The van der Waals surface area contributed by atoms with Crippen molar-refractivity contribution in [2.75, 3.05) is 6.61 Å². The van der Waals surface area contributed by atoms with Crippen LogP contribution in [-0.2, 0) is 29.7 Å². The van der Waals surface area contributed by atoms with Crippen LogP contribution in [0.15, 0.2) is 24.7 Å². The molecule has 1 saturated carbocycles. The molecule has 0 bridgehead atoms. The second kappa shape index (κ2) is 7.99. The lowest BCUT2D eigenvalue weighted by molar-refractivity contribution is -0.127. The molecule has 0 aliphatic heterocycles. The normalized spacial score (nSPS) is 23.1. The molecule has 2 aromatic rings. The third-order valence-electron chi connectivity index (χ3n) is 4.43. The zero-order valence-electron chi connectivity index (χ0n) is 14.0. The fourth-order valence-electron chi connectivity index (χ4n) is 3.16. The number of aliphatic hydroxyl groups is 1. The van der Waals surface area contributed by atoms with E-state index in [1.54, 1.807) is 28.0 Å². The Hall–Kier alpha value is -1.90. The summed E-state index contributed by atoms with van der Waals surface area (Å²) in [4.78, 5) is 12.0. The summed E-state index contributed by atoms with van der Waals surface area (Å²) in [6.45, 7) is 0.945.